The summed E-state index contributed by atoms with van der Waals surface area (Å²) in [4.78, 5) is 37.7. The summed E-state index contributed by atoms with van der Waals surface area (Å²) < 4.78 is 16.6. The molecule has 1 atom stereocenters. The van der Waals surface area contributed by atoms with E-state index >= 15 is 0 Å². The van der Waals surface area contributed by atoms with Gasteiger partial charge in [0.1, 0.15) is 26.5 Å². The minimum Gasteiger partial charge on any atom is -0.497 e. The highest BCUT2D eigenvalue weighted by molar-refractivity contribution is 7.07. The molecule has 0 saturated carbocycles. The molecule has 11 heteroatoms. The summed E-state index contributed by atoms with van der Waals surface area (Å²) in [6, 6.07) is 6.98. The van der Waals surface area contributed by atoms with Gasteiger partial charge in [0.15, 0.2) is 0 Å². The Labute approximate surface area is 186 Å². The molecule has 0 aliphatic carbocycles. The number of aromatic nitrogens is 1. The number of nitrogens with zero attached hydrogens (tertiary/aromatic N) is 2. The average Bonchev–Trinajstić information content (AvgIpc) is 3.13. The third kappa shape index (κ3) is 3.61. The van der Waals surface area contributed by atoms with Gasteiger partial charge in [-0.2, -0.15) is 5.26 Å². The predicted molar refractivity (Wildman–Crippen MR) is 117 cm³/mol. The van der Waals surface area contributed by atoms with Crippen LogP contribution in [0.15, 0.2) is 28.6 Å². The second kappa shape index (κ2) is 8.99. The van der Waals surface area contributed by atoms with Gasteiger partial charge in [0.2, 0.25) is 0 Å². The number of rotatable bonds is 5. The fourth-order valence-electron chi connectivity index (χ4n) is 3.44. The van der Waals surface area contributed by atoms with Gasteiger partial charge in [-0.3, -0.25) is 14.2 Å². The Balaban J connectivity index is 2.50. The van der Waals surface area contributed by atoms with Gasteiger partial charge in [0.25, 0.3) is 11.5 Å². The summed E-state index contributed by atoms with van der Waals surface area (Å²) in [6.07, 6.45) is 1.02. The Hall–Kier alpha value is -4.04. The van der Waals surface area contributed by atoms with Gasteiger partial charge in [-0.15, -0.1) is 11.3 Å². The zero-order valence-corrected chi connectivity index (χ0v) is 18.5. The molecule has 32 heavy (non-hydrogen) atoms. The zero-order valence-electron chi connectivity index (χ0n) is 17.7. The van der Waals surface area contributed by atoms with Gasteiger partial charge in [-0.25, -0.2) is 4.79 Å². The number of amides is 1. The van der Waals surface area contributed by atoms with Crippen LogP contribution >= 0.6 is 11.3 Å². The summed E-state index contributed by atoms with van der Waals surface area (Å²) in [5, 5.41) is 12.5. The number of esters is 1. The van der Waals surface area contributed by atoms with Gasteiger partial charge in [-0.1, -0.05) is 6.07 Å². The van der Waals surface area contributed by atoms with Crippen molar-refractivity contribution in [2.45, 2.75) is 5.92 Å². The number of thiazole rings is 1. The molecule has 1 aliphatic rings. The van der Waals surface area contributed by atoms with Crippen molar-refractivity contribution >= 4 is 40.7 Å². The average molecular weight is 456 g/mol. The zero-order chi connectivity index (χ0) is 23.6. The van der Waals surface area contributed by atoms with Crippen LogP contribution in [0.3, 0.4) is 0 Å². The molecule has 166 valence electrons. The molecule has 0 fully saturated rings. The molecule has 1 aromatic heterocycles. The smallest absolute Gasteiger partial charge is 0.332 e. The van der Waals surface area contributed by atoms with Crippen molar-refractivity contribution in [3.8, 4) is 17.6 Å². The molecule has 1 aromatic carbocycles. The minimum absolute atomic E-state index is 0.0100. The Morgan fingerprint density at radius 1 is 1.28 bits per heavy atom. The molecule has 2 heterocycles. The quantitative estimate of drug-likeness (QED) is 0.558. The highest BCUT2D eigenvalue weighted by Crippen LogP contribution is 2.41. The lowest BCUT2D eigenvalue weighted by atomic mass is 9.83. The number of carbonyl (C=O) groups is 2. The number of ether oxygens (including phenoxy) is 3. The normalized spacial score (nSPS) is 15.7. The van der Waals surface area contributed by atoms with Crippen LogP contribution in [0.25, 0.3) is 17.5 Å². The monoisotopic (exact) mass is 456 g/mol. The van der Waals surface area contributed by atoms with E-state index in [-0.39, 0.29) is 26.2 Å². The summed E-state index contributed by atoms with van der Waals surface area (Å²) >= 11 is 0.900. The minimum atomic E-state index is -0.926. The van der Waals surface area contributed by atoms with Crippen molar-refractivity contribution in [1.82, 2.24) is 9.88 Å². The van der Waals surface area contributed by atoms with Crippen LogP contribution in [0, 0.1) is 11.3 Å². The first-order valence-electron chi connectivity index (χ1n) is 9.22. The third-order valence-electron chi connectivity index (χ3n) is 4.94. The molecule has 0 radical (unpaired) electrons. The maximum absolute atomic E-state index is 13.0. The van der Waals surface area contributed by atoms with Gasteiger partial charge in [0, 0.05) is 24.8 Å². The van der Waals surface area contributed by atoms with Crippen LogP contribution in [0.5, 0.6) is 11.5 Å². The first-order valence-corrected chi connectivity index (χ1v) is 10.0. The third-order valence-corrected chi connectivity index (χ3v) is 6.05. The number of carbonyl (C=O) groups excluding carboxylic acids is 2. The van der Waals surface area contributed by atoms with Crippen molar-refractivity contribution in [1.29, 1.82) is 5.26 Å². The SMILES string of the molecule is CNC(=O)C1=c2s/c(=C\C(=O)OC)c(=O)n2C(N)=C(C#N)[C@H]1c1ccc(OC)cc1OC. The number of benzene rings is 1. The number of methoxy groups -OCH3 is 3. The molecular weight excluding hydrogens is 436 g/mol. The largest absolute Gasteiger partial charge is 0.497 e. The molecule has 0 saturated heterocycles. The number of hydrogen-bond acceptors (Lipinski definition) is 9. The van der Waals surface area contributed by atoms with Crippen molar-refractivity contribution in [2.24, 2.45) is 5.73 Å². The van der Waals surface area contributed by atoms with E-state index in [0.717, 1.165) is 22.0 Å². The number of allylic oxidation sites excluding steroid dienone is 1. The summed E-state index contributed by atoms with van der Waals surface area (Å²) in [6.45, 7) is 0. The maximum Gasteiger partial charge on any atom is 0.332 e. The standard InChI is InChI=1S/C21H20N4O6S/c1-24-19(27)17-16(11-6-5-10(29-2)7-13(11)30-3)12(9-22)18(23)25-20(28)14(32-21(17)25)8-15(26)31-4/h5-8,16H,23H2,1-4H3,(H,24,27)/b14-8-/t16-/m1/s1. The van der Waals surface area contributed by atoms with Crippen LogP contribution in [0.1, 0.15) is 11.5 Å². The second-order valence-electron chi connectivity index (χ2n) is 6.52. The van der Waals surface area contributed by atoms with Gasteiger partial charge in [0.05, 0.1) is 44.5 Å². The number of nitrogens with two attached hydrogens (primary N) is 1. The number of fused-ring (bicyclic) bond motifs is 1. The molecule has 1 aliphatic heterocycles. The summed E-state index contributed by atoms with van der Waals surface area (Å²) in [7, 11) is 5.56. The van der Waals surface area contributed by atoms with Gasteiger partial charge < -0.3 is 25.3 Å². The predicted octanol–water partition coefficient (Wildman–Crippen LogP) is -0.775. The van der Waals surface area contributed by atoms with Crippen LogP contribution in [-0.2, 0) is 14.3 Å². The molecule has 10 nitrogen and oxygen atoms in total. The van der Waals surface area contributed by atoms with Crippen molar-refractivity contribution in [2.75, 3.05) is 28.4 Å². The van der Waals surface area contributed by atoms with Gasteiger partial charge in [-0.05, 0) is 6.07 Å². The number of nitrogens with one attached hydrogen (secondary N) is 1. The molecular formula is C21H20N4O6S. The van der Waals surface area contributed by atoms with Crippen molar-refractivity contribution < 1.29 is 23.8 Å². The molecule has 0 unspecified atom stereocenters. The van der Waals surface area contributed by atoms with E-state index in [1.807, 2.05) is 6.07 Å². The van der Waals surface area contributed by atoms with E-state index in [2.05, 4.69) is 10.1 Å². The lowest BCUT2D eigenvalue weighted by molar-refractivity contribution is -0.133. The van der Waals surface area contributed by atoms with Crippen molar-refractivity contribution in [3.63, 3.8) is 0 Å². The molecule has 0 spiro atoms. The van der Waals surface area contributed by atoms with Crippen LogP contribution < -0.4 is 35.3 Å². The van der Waals surface area contributed by atoms with E-state index in [4.69, 9.17) is 15.2 Å². The fraction of sp³-hybridized carbons (Fsp3) is 0.238. The topological polar surface area (TPSA) is 146 Å². The van der Waals surface area contributed by atoms with Gasteiger partial charge >= 0.3 is 5.97 Å². The molecule has 3 rings (SSSR count). The van der Waals surface area contributed by atoms with E-state index in [0.29, 0.717) is 17.1 Å². The second-order valence-corrected chi connectivity index (χ2v) is 7.55. The van der Waals surface area contributed by atoms with E-state index < -0.39 is 23.4 Å². The first-order chi connectivity index (χ1) is 15.3. The highest BCUT2D eigenvalue weighted by atomic mass is 32.1. The Morgan fingerprint density at radius 2 is 2.00 bits per heavy atom. The highest BCUT2D eigenvalue weighted by Gasteiger charge is 2.36. The van der Waals surface area contributed by atoms with E-state index in [1.165, 1.54) is 28.4 Å². The van der Waals surface area contributed by atoms with Crippen molar-refractivity contribution in [3.05, 3.63) is 48.9 Å². The molecule has 2 aromatic rings. The Morgan fingerprint density at radius 3 is 2.56 bits per heavy atom. The molecule has 0 bridgehead atoms. The Kier molecular flexibility index (Phi) is 6.36. The number of nitriles is 1. The fourth-order valence-corrected chi connectivity index (χ4v) is 4.57. The molecule has 3 N–H and O–H groups in total. The summed E-state index contributed by atoms with van der Waals surface area (Å²) in [5.74, 6) is -1.44. The Bertz CT molecular complexity index is 1360. The van der Waals surface area contributed by atoms with E-state index in [9.17, 15) is 19.6 Å². The van der Waals surface area contributed by atoms with Crippen LogP contribution in [0.4, 0.5) is 0 Å². The molecule has 1 amide bonds. The van der Waals surface area contributed by atoms with Crippen LogP contribution in [-0.4, -0.2) is 44.8 Å². The lowest BCUT2D eigenvalue weighted by Gasteiger charge is -2.26. The summed E-state index contributed by atoms with van der Waals surface area (Å²) in [5.41, 5.74) is 6.20. The maximum atomic E-state index is 13.0. The van der Waals surface area contributed by atoms with E-state index in [1.54, 1.807) is 18.2 Å². The number of hydrogen-bond donors (Lipinski definition) is 2. The lowest BCUT2D eigenvalue weighted by Crippen LogP contribution is -2.41. The first kappa shape index (κ1) is 22.6. The van der Waals surface area contributed by atoms with Crippen LogP contribution in [0.2, 0.25) is 0 Å².